The maximum absolute atomic E-state index is 12.4. The van der Waals surface area contributed by atoms with Crippen LogP contribution in [0.4, 0.5) is 5.69 Å². The second kappa shape index (κ2) is 9.56. The molecule has 1 aliphatic heterocycles. The first-order valence-electron chi connectivity index (χ1n) is 10.9. The number of fused-ring (bicyclic) bond motifs is 1. The van der Waals surface area contributed by atoms with E-state index in [-0.39, 0.29) is 11.9 Å². The smallest absolute Gasteiger partial charge is 0.348 e. The Balaban J connectivity index is 1.15. The molecule has 2 aromatic carbocycles. The first-order valence-corrected chi connectivity index (χ1v) is 11.7. The summed E-state index contributed by atoms with van der Waals surface area (Å²) < 4.78 is 16.3. The first-order chi connectivity index (χ1) is 16.5. The SMILES string of the molecule is O=C(COC(=O)c1ccc(-c2ccc3c(c2)OCCO3)s1)Nc1cccc(C(=O)NC2CC2)c1. The molecule has 1 aromatic heterocycles. The highest BCUT2D eigenvalue weighted by atomic mass is 32.1. The number of rotatable bonds is 7. The van der Waals surface area contributed by atoms with E-state index in [4.69, 9.17) is 14.2 Å². The molecule has 1 aliphatic carbocycles. The minimum absolute atomic E-state index is 0.170. The minimum atomic E-state index is -0.582. The fourth-order valence-corrected chi connectivity index (χ4v) is 4.33. The van der Waals surface area contributed by atoms with Crippen molar-refractivity contribution in [3.05, 3.63) is 65.0 Å². The van der Waals surface area contributed by atoms with Crippen LogP contribution in [0.3, 0.4) is 0 Å². The summed E-state index contributed by atoms with van der Waals surface area (Å²) >= 11 is 1.27. The maximum atomic E-state index is 12.4. The fraction of sp³-hybridized carbons (Fsp3) is 0.240. The van der Waals surface area contributed by atoms with Crippen LogP contribution in [0.5, 0.6) is 11.5 Å². The normalized spacial score (nSPS) is 14.2. The molecule has 9 heteroatoms. The van der Waals surface area contributed by atoms with E-state index < -0.39 is 18.5 Å². The predicted molar refractivity (Wildman–Crippen MR) is 127 cm³/mol. The highest BCUT2D eigenvalue weighted by Crippen LogP contribution is 2.37. The number of ether oxygens (including phenoxy) is 3. The Kier molecular flexibility index (Phi) is 6.18. The second-order valence-corrected chi connectivity index (χ2v) is 9.06. The number of nitrogens with one attached hydrogen (secondary N) is 2. The Morgan fingerprint density at radius 3 is 2.62 bits per heavy atom. The van der Waals surface area contributed by atoms with Crippen LogP contribution >= 0.6 is 11.3 Å². The van der Waals surface area contributed by atoms with E-state index in [1.165, 1.54) is 11.3 Å². The van der Waals surface area contributed by atoms with Crippen molar-refractivity contribution in [2.75, 3.05) is 25.1 Å². The van der Waals surface area contributed by atoms with Crippen molar-refractivity contribution in [2.45, 2.75) is 18.9 Å². The lowest BCUT2D eigenvalue weighted by Gasteiger charge is -2.18. The summed E-state index contributed by atoms with van der Waals surface area (Å²) in [6, 6.07) is 16.0. The topological polar surface area (TPSA) is 103 Å². The molecule has 2 heterocycles. The van der Waals surface area contributed by atoms with Crippen molar-refractivity contribution >= 4 is 34.8 Å². The van der Waals surface area contributed by atoms with Gasteiger partial charge in [0.2, 0.25) is 0 Å². The number of hydrogen-bond acceptors (Lipinski definition) is 7. The van der Waals surface area contributed by atoms with Gasteiger partial charge in [-0.05, 0) is 66.9 Å². The summed E-state index contributed by atoms with van der Waals surface area (Å²) in [6.45, 7) is 0.586. The van der Waals surface area contributed by atoms with Gasteiger partial charge in [-0.2, -0.15) is 0 Å². The van der Waals surface area contributed by atoms with Crippen LogP contribution in [0, 0.1) is 0 Å². The highest BCUT2D eigenvalue weighted by Gasteiger charge is 2.24. The van der Waals surface area contributed by atoms with Crippen LogP contribution < -0.4 is 20.1 Å². The van der Waals surface area contributed by atoms with E-state index in [0.717, 1.165) is 23.3 Å². The molecule has 2 N–H and O–H groups in total. The van der Waals surface area contributed by atoms with Gasteiger partial charge in [0, 0.05) is 22.2 Å². The lowest BCUT2D eigenvalue weighted by Crippen LogP contribution is -2.25. The molecule has 1 saturated carbocycles. The van der Waals surface area contributed by atoms with Crippen molar-refractivity contribution in [1.82, 2.24) is 5.32 Å². The number of carbonyl (C=O) groups is 3. The number of thiophene rings is 1. The van der Waals surface area contributed by atoms with E-state index in [0.29, 0.717) is 40.8 Å². The summed E-state index contributed by atoms with van der Waals surface area (Å²) in [5.41, 5.74) is 1.82. The van der Waals surface area contributed by atoms with Crippen LogP contribution in [-0.4, -0.2) is 43.6 Å². The Bertz CT molecular complexity index is 1250. The number of hydrogen-bond donors (Lipinski definition) is 2. The molecular formula is C25H22N2O6S. The number of esters is 1. The molecule has 1 fully saturated rings. The molecule has 2 amide bonds. The maximum Gasteiger partial charge on any atom is 0.348 e. The molecule has 2 aliphatic rings. The molecule has 0 saturated heterocycles. The van der Waals surface area contributed by atoms with Crippen molar-refractivity contribution in [3.63, 3.8) is 0 Å². The zero-order valence-electron chi connectivity index (χ0n) is 18.2. The predicted octanol–water partition coefficient (Wildman–Crippen LogP) is 3.87. The van der Waals surface area contributed by atoms with Crippen molar-refractivity contribution in [2.24, 2.45) is 0 Å². The van der Waals surface area contributed by atoms with Gasteiger partial charge in [-0.1, -0.05) is 6.07 Å². The van der Waals surface area contributed by atoms with Gasteiger partial charge >= 0.3 is 5.97 Å². The number of anilines is 1. The third-order valence-corrected chi connectivity index (χ3v) is 6.40. The average Bonchev–Trinajstić information content (AvgIpc) is 3.53. The van der Waals surface area contributed by atoms with E-state index in [1.807, 2.05) is 24.3 Å². The Labute approximate surface area is 199 Å². The third-order valence-electron chi connectivity index (χ3n) is 5.29. The van der Waals surface area contributed by atoms with Crippen LogP contribution in [0.1, 0.15) is 32.9 Å². The third kappa shape index (κ3) is 5.20. The van der Waals surface area contributed by atoms with Crippen LogP contribution in [0.2, 0.25) is 0 Å². The molecule has 0 atom stereocenters. The van der Waals surface area contributed by atoms with Gasteiger partial charge in [-0.25, -0.2) is 4.79 Å². The van der Waals surface area contributed by atoms with E-state index in [1.54, 1.807) is 30.3 Å². The molecule has 5 rings (SSSR count). The largest absolute Gasteiger partial charge is 0.486 e. The van der Waals surface area contributed by atoms with E-state index >= 15 is 0 Å². The molecule has 0 unspecified atom stereocenters. The van der Waals surface area contributed by atoms with Crippen LogP contribution in [-0.2, 0) is 9.53 Å². The Morgan fingerprint density at radius 1 is 0.971 bits per heavy atom. The van der Waals surface area contributed by atoms with E-state index in [2.05, 4.69) is 10.6 Å². The number of amides is 2. The number of benzene rings is 2. The highest BCUT2D eigenvalue weighted by molar-refractivity contribution is 7.17. The zero-order chi connectivity index (χ0) is 23.5. The summed E-state index contributed by atoms with van der Waals surface area (Å²) in [7, 11) is 0. The van der Waals surface area contributed by atoms with Gasteiger partial charge in [0.15, 0.2) is 18.1 Å². The molecule has 174 valence electrons. The molecule has 0 spiro atoms. The monoisotopic (exact) mass is 478 g/mol. The van der Waals surface area contributed by atoms with Gasteiger partial charge in [0.1, 0.15) is 18.1 Å². The minimum Gasteiger partial charge on any atom is -0.486 e. The fourth-order valence-electron chi connectivity index (χ4n) is 3.43. The van der Waals surface area contributed by atoms with Gasteiger partial charge in [-0.3, -0.25) is 9.59 Å². The van der Waals surface area contributed by atoms with Gasteiger partial charge in [0.05, 0.1) is 0 Å². The van der Waals surface area contributed by atoms with Gasteiger partial charge in [0.25, 0.3) is 11.8 Å². The lowest BCUT2D eigenvalue weighted by atomic mass is 10.1. The average molecular weight is 479 g/mol. The first kappa shape index (κ1) is 22.0. The Hall–Kier alpha value is -3.85. The zero-order valence-corrected chi connectivity index (χ0v) is 19.0. The Morgan fingerprint density at radius 2 is 1.79 bits per heavy atom. The standard InChI is InChI=1S/C25H22N2O6S/c28-23(26-18-3-1-2-16(12-18)24(29)27-17-5-6-17)14-33-25(30)22-9-8-21(34-22)15-4-7-19-20(13-15)32-11-10-31-19/h1-4,7-9,12-13,17H,5-6,10-11,14H2,(H,26,28)(H,27,29). The molecule has 34 heavy (non-hydrogen) atoms. The molecule has 8 nitrogen and oxygen atoms in total. The van der Waals surface area contributed by atoms with Crippen molar-refractivity contribution in [1.29, 1.82) is 0 Å². The van der Waals surface area contributed by atoms with Gasteiger partial charge < -0.3 is 24.8 Å². The summed E-state index contributed by atoms with van der Waals surface area (Å²) in [6.07, 6.45) is 1.99. The van der Waals surface area contributed by atoms with Crippen LogP contribution in [0.15, 0.2) is 54.6 Å². The van der Waals surface area contributed by atoms with E-state index in [9.17, 15) is 14.4 Å². The van der Waals surface area contributed by atoms with Crippen molar-refractivity contribution < 1.29 is 28.6 Å². The summed E-state index contributed by atoms with van der Waals surface area (Å²) in [5, 5.41) is 5.56. The second-order valence-electron chi connectivity index (χ2n) is 7.98. The molecule has 3 aromatic rings. The lowest BCUT2D eigenvalue weighted by molar-refractivity contribution is -0.119. The van der Waals surface area contributed by atoms with Crippen molar-refractivity contribution in [3.8, 4) is 21.9 Å². The van der Waals surface area contributed by atoms with Crippen LogP contribution in [0.25, 0.3) is 10.4 Å². The summed E-state index contributed by atoms with van der Waals surface area (Å²) in [4.78, 5) is 38.1. The molecular weight excluding hydrogens is 456 g/mol. The summed E-state index contributed by atoms with van der Waals surface area (Å²) in [5.74, 6) is 0.132. The number of carbonyl (C=O) groups excluding carboxylic acids is 3. The van der Waals surface area contributed by atoms with Gasteiger partial charge in [-0.15, -0.1) is 11.3 Å². The molecule has 0 bridgehead atoms. The quantitative estimate of drug-likeness (QED) is 0.500. The molecule has 0 radical (unpaired) electrons.